The van der Waals surface area contributed by atoms with Crippen LogP contribution in [0.3, 0.4) is 0 Å². The van der Waals surface area contributed by atoms with Gasteiger partial charge >= 0.3 is 0 Å². The number of rotatable bonds is 12. The first-order valence-corrected chi connectivity index (χ1v) is 14.5. The zero-order valence-corrected chi connectivity index (χ0v) is 23.7. The van der Waals surface area contributed by atoms with Crippen molar-refractivity contribution in [1.82, 2.24) is 0 Å². The van der Waals surface area contributed by atoms with Crippen LogP contribution in [0.1, 0.15) is 70.2 Å². The molecule has 0 aromatic heterocycles. The van der Waals surface area contributed by atoms with Gasteiger partial charge in [0.2, 0.25) is 0 Å². The number of unbranched alkanes of at least 4 members (excludes halogenated alkanes) is 2. The molecule has 1 aliphatic carbocycles. The summed E-state index contributed by atoms with van der Waals surface area (Å²) in [7, 11) is 0. The maximum Gasteiger partial charge on any atom is 0.122 e. The molecule has 2 N–H and O–H groups in total. The van der Waals surface area contributed by atoms with E-state index in [2.05, 4.69) is 98.8 Å². The topological polar surface area (TPSA) is 58.9 Å². The van der Waals surface area contributed by atoms with Gasteiger partial charge in [-0.25, -0.2) is 0 Å². The minimum absolute atomic E-state index is 0.189. The highest BCUT2D eigenvalue weighted by Crippen LogP contribution is 2.51. The normalized spacial score (nSPS) is 13.4. The first kappa shape index (κ1) is 27.9. The summed E-state index contributed by atoms with van der Waals surface area (Å²) in [6.45, 7) is 5.80. The van der Waals surface area contributed by atoms with Gasteiger partial charge in [0.25, 0.3) is 0 Å². The van der Waals surface area contributed by atoms with Crippen LogP contribution in [-0.4, -0.2) is 36.6 Å². The number of aliphatic hydroxyl groups excluding tert-OH is 2. The third-order valence-corrected chi connectivity index (χ3v) is 8.06. The number of hydrogen-bond acceptors (Lipinski definition) is 4. The molecule has 0 spiro atoms. The molecule has 0 saturated heterocycles. The number of benzene rings is 4. The molecular formula is C36H40O4. The summed E-state index contributed by atoms with van der Waals surface area (Å²) in [4.78, 5) is 0. The molecule has 0 bridgehead atoms. The number of fused-ring (bicyclic) bond motifs is 2. The van der Waals surface area contributed by atoms with E-state index in [-0.39, 0.29) is 13.2 Å². The Hall–Kier alpha value is -3.60. The monoisotopic (exact) mass is 536 g/mol. The molecule has 0 amide bonds. The Kier molecular flexibility index (Phi) is 8.88. The minimum Gasteiger partial charge on any atom is -0.493 e. The van der Waals surface area contributed by atoms with Gasteiger partial charge in [-0.05, 0) is 103 Å². The van der Waals surface area contributed by atoms with Gasteiger partial charge in [0.05, 0.1) is 18.6 Å². The number of ether oxygens (including phenoxy) is 2. The molecule has 0 radical (unpaired) electrons. The zero-order valence-electron chi connectivity index (χ0n) is 23.7. The first-order valence-electron chi connectivity index (χ1n) is 14.5. The van der Waals surface area contributed by atoms with Crippen molar-refractivity contribution in [1.29, 1.82) is 0 Å². The minimum atomic E-state index is -0.494. The van der Waals surface area contributed by atoms with Gasteiger partial charge in [0.1, 0.15) is 11.5 Å². The van der Waals surface area contributed by atoms with E-state index >= 15 is 0 Å². The van der Waals surface area contributed by atoms with Gasteiger partial charge in [-0.1, -0.05) is 72.8 Å². The van der Waals surface area contributed by atoms with Gasteiger partial charge in [-0.15, -0.1) is 0 Å². The second kappa shape index (κ2) is 12.7. The average molecular weight is 537 g/mol. The smallest absolute Gasteiger partial charge is 0.122 e. The van der Waals surface area contributed by atoms with Crippen molar-refractivity contribution >= 4 is 0 Å². The van der Waals surface area contributed by atoms with Crippen molar-refractivity contribution in [3.05, 3.63) is 129 Å². The Balaban J connectivity index is 1.66. The van der Waals surface area contributed by atoms with Crippen molar-refractivity contribution in [3.8, 4) is 11.5 Å². The summed E-state index contributed by atoms with van der Waals surface area (Å²) in [6, 6.07) is 30.9. The van der Waals surface area contributed by atoms with Crippen LogP contribution in [0.4, 0.5) is 0 Å². The Bertz CT molecular complexity index is 1330. The molecule has 4 heteroatoms. The largest absolute Gasteiger partial charge is 0.493 e. The van der Waals surface area contributed by atoms with Crippen LogP contribution in [0.25, 0.3) is 0 Å². The van der Waals surface area contributed by atoms with E-state index in [0.29, 0.717) is 13.2 Å². The summed E-state index contributed by atoms with van der Waals surface area (Å²) in [5.41, 5.74) is 9.42. The summed E-state index contributed by atoms with van der Waals surface area (Å²) >= 11 is 0. The fourth-order valence-corrected chi connectivity index (χ4v) is 6.10. The lowest BCUT2D eigenvalue weighted by molar-refractivity contribution is 0.252. The van der Waals surface area contributed by atoms with Gasteiger partial charge in [-0.2, -0.15) is 0 Å². The van der Waals surface area contributed by atoms with Crippen molar-refractivity contribution in [2.45, 2.75) is 51.4 Å². The fourth-order valence-electron chi connectivity index (χ4n) is 6.10. The highest BCUT2D eigenvalue weighted by atomic mass is 16.5. The van der Waals surface area contributed by atoms with Crippen LogP contribution in [0.15, 0.2) is 84.9 Å². The highest BCUT2D eigenvalue weighted by Gasteiger charge is 2.44. The Labute approximate surface area is 238 Å². The van der Waals surface area contributed by atoms with Gasteiger partial charge in [0.15, 0.2) is 0 Å². The SMILES string of the molecule is Cc1cc(C2(c3ccc(OCCCCO)c(C)c3)c3ccccc3Cc3ccccc32)ccc1OCCCCO. The van der Waals surface area contributed by atoms with Crippen LogP contribution < -0.4 is 9.47 Å². The quantitative estimate of drug-likeness (QED) is 0.170. The third kappa shape index (κ3) is 5.39. The molecule has 0 unspecified atom stereocenters. The number of aryl methyl sites for hydroxylation is 2. The Morgan fingerprint density at radius 3 is 1.48 bits per heavy atom. The summed E-state index contributed by atoms with van der Waals surface area (Å²) in [5.74, 6) is 1.77. The van der Waals surface area contributed by atoms with Crippen molar-refractivity contribution in [2.75, 3.05) is 26.4 Å². The molecule has 4 aromatic rings. The zero-order chi connectivity index (χ0) is 28.0. The van der Waals surface area contributed by atoms with E-state index in [1.807, 2.05) is 0 Å². The van der Waals surface area contributed by atoms with Crippen LogP contribution in [0.2, 0.25) is 0 Å². The third-order valence-electron chi connectivity index (χ3n) is 8.06. The van der Waals surface area contributed by atoms with Crippen LogP contribution in [0, 0.1) is 13.8 Å². The summed E-state index contributed by atoms with van der Waals surface area (Å²) in [5, 5.41) is 18.2. The molecule has 4 aromatic carbocycles. The van der Waals surface area contributed by atoms with E-state index in [0.717, 1.165) is 54.7 Å². The average Bonchev–Trinajstić information content (AvgIpc) is 2.97. The van der Waals surface area contributed by atoms with E-state index in [1.165, 1.54) is 33.4 Å². The lowest BCUT2D eigenvalue weighted by Crippen LogP contribution is -2.36. The lowest BCUT2D eigenvalue weighted by atomic mass is 9.59. The second-order valence-electron chi connectivity index (χ2n) is 10.8. The standard InChI is InChI=1S/C36H40O4/c1-26-23-30(15-17-34(26)39-21-9-7-19-37)36(31-16-18-35(27(2)24-31)40-22-10-8-20-38)32-13-5-3-11-28(32)25-29-12-4-6-14-33(29)36/h3-6,11-18,23-24,37-38H,7-10,19-22,25H2,1-2H3. The molecule has 1 aliphatic rings. The summed E-state index contributed by atoms with van der Waals surface area (Å²) < 4.78 is 12.2. The van der Waals surface area contributed by atoms with Crippen LogP contribution >= 0.6 is 0 Å². The first-order chi connectivity index (χ1) is 19.6. The maximum atomic E-state index is 9.12. The fraction of sp³-hybridized carbons (Fsp3) is 0.333. The number of hydrogen-bond donors (Lipinski definition) is 2. The molecule has 0 fully saturated rings. The molecule has 5 rings (SSSR count). The van der Waals surface area contributed by atoms with E-state index in [9.17, 15) is 0 Å². The highest BCUT2D eigenvalue weighted by molar-refractivity contribution is 5.68. The van der Waals surface area contributed by atoms with Crippen LogP contribution in [0.5, 0.6) is 11.5 Å². The van der Waals surface area contributed by atoms with Gasteiger partial charge in [0, 0.05) is 13.2 Å². The molecule has 0 saturated carbocycles. The van der Waals surface area contributed by atoms with Gasteiger partial charge in [-0.3, -0.25) is 0 Å². The van der Waals surface area contributed by atoms with E-state index < -0.39 is 5.41 Å². The molecule has 0 heterocycles. The molecule has 0 atom stereocenters. The van der Waals surface area contributed by atoms with Crippen molar-refractivity contribution < 1.29 is 19.7 Å². The predicted octanol–water partition coefficient (Wildman–Crippen LogP) is 6.89. The van der Waals surface area contributed by atoms with Crippen LogP contribution in [-0.2, 0) is 11.8 Å². The molecule has 208 valence electrons. The summed E-state index contributed by atoms with van der Waals surface area (Å²) in [6.07, 6.45) is 4.05. The molecular weight excluding hydrogens is 496 g/mol. The number of aliphatic hydroxyl groups is 2. The van der Waals surface area contributed by atoms with Crippen molar-refractivity contribution in [2.24, 2.45) is 0 Å². The van der Waals surface area contributed by atoms with Gasteiger partial charge < -0.3 is 19.7 Å². The second-order valence-corrected chi connectivity index (χ2v) is 10.8. The van der Waals surface area contributed by atoms with Crippen molar-refractivity contribution in [3.63, 3.8) is 0 Å². The Morgan fingerprint density at radius 2 is 1.05 bits per heavy atom. The van der Waals surface area contributed by atoms with E-state index in [4.69, 9.17) is 19.7 Å². The van der Waals surface area contributed by atoms with E-state index in [1.54, 1.807) is 0 Å². The Morgan fingerprint density at radius 1 is 0.600 bits per heavy atom. The molecule has 40 heavy (non-hydrogen) atoms. The molecule has 0 aliphatic heterocycles. The molecule has 4 nitrogen and oxygen atoms in total. The maximum absolute atomic E-state index is 9.12. The predicted molar refractivity (Wildman–Crippen MR) is 161 cm³/mol. The lowest BCUT2D eigenvalue weighted by Gasteiger charge is -2.42.